The van der Waals surface area contributed by atoms with Crippen LogP contribution in [0.15, 0.2) is 42.7 Å². The van der Waals surface area contributed by atoms with Gasteiger partial charge in [0.2, 0.25) is 0 Å². The lowest BCUT2D eigenvalue weighted by molar-refractivity contribution is -0.267. The Bertz CT molecular complexity index is 1050. The van der Waals surface area contributed by atoms with Gasteiger partial charge in [-0.1, -0.05) is 6.92 Å². The summed E-state index contributed by atoms with van der Waals surface area (Å²) in [6, 6.07) is 7.46. The van der Waals surface area contributed by atoms with Crippen molar-refractivity contribution in [2.75, 3.05) is 18.5 Å². The minimum absolute atomic E-state index is 0.272. The van der Waals surface area contributed by atoms with E-state index in [0.717, 1.165) is 5.39 Å². The number of hydrogen-bond acceptors (Lipinski definition) is 3. The highest BCUT2D eigenvalue weighted by atomic mass is 19.4. The molecule has 0 spiro atoms. The van der Waals surface area contributed by atoms with E-state index in [0.29, 0.717) is 29.7 Å². The van der Waals surface area contributed by atoms with Gasteiger partial charge in [-0.05, 0) is 54.2 Å². The fourth-order valence-corrected chi connectivity index (χ4v) is 4.53. The van der Waals surface area contributed by atoms with E-state index in [1.807, 2.05) is 11.9 Å². The average molecular weight is 421 g/mol. The maximum absolute atomic E-state index is 14.1. The second-order valence-electron chi connectivity index (χ2n) is 8.53. The first-order chi connectivity index (χ1) is 14.0. The number of aromatic nitrogens is 2. The first-order valence-corrected chi connectivity index (χ1v) is 9.73. The molecule has 1 aliphatic rings. The van der Waals surface area contributed by atoms with Crippen molar-refractivity contribution >= 4 is 16.6 Å². The highest BCUT2D eigenvalue weighted by molar-refractivity contribution is 5.79. The smallest absolute Gasteiger partial charge is 0.380 e. The second kappa shape index (κ2) is 6.97. The molecule has 0 amide bonds. The molecule has 2 aromatic heterocycles. The number of aliphatic hydroxyl groups is 1. The topological polar surface area (TPSA) is 52.1 Å². The molecule has 3 aromatic rings. The summed E-state index contributed by atoms with van der Waals surface area (Å²) < 4.78 is 56.4. The van der Waals surface area contributed by atoms with E-state index in [2.05, 4.69) is 9.97 Å². The number of H-pyrrole nitrogens is 1. The molecular formula is C22H23F4N3O. The van der Waals surface area contributed by atoms with Crippen LogP contribution in [0, 0.1) is 5.82 Å². The van der Waals surface area contributed by atoms with E-state index in [-0.39, 0.29) is 5.69 Å². The zero-order valence-electron chi connectivity index (χ0n) is 16.7. The van der Waals surface area contributed by atoms with Gasteiger partial charge in [0.25, 0.3) is 0 Å². The van der Waals surface area contributed by atoms with Gasteiger partial charge in [-0.15, -0.1) is 0 Å². The van der Waals surface area contributed by atoms with E-state index >= 15 is 0 Å². The van der Waals surface area contributed by atoms with Gasteiger partial charge in [0.05, 0.1) is 11.7 Å². The molecule has 0 saturated carbocycles. The lowest BCUT2D eigenvalue weighted by Crippen LogP contribution is -2.53. The number of hydrogen-bond donors (Lipinski definition) is 2. The van der Waals surface area contributed by atoms with Gasteiger partial charge in [0.1, 0.15) is 5.82 Å². The van der Waals surface area contributed by atoms with Crippen molar-refractivity contribution in [1.29, 1.82) is 0 Å². The Hall–Kier alpha value is -2.61. The van der Waals surface area contributed by atoms with Crippen LogP contribution < -0.4 is 4.90 Å². The van der Waals surface area contributed by atoms with Crippen LogP contribution in [0.3, 0.4) is 0 Å². The molecule has 1 aliphatic heterocycles. The van der Waals surface area contributed by atoms with Gasteiger partial charge in [0.15, 0.2) is 5.60 Å². The molecule has 0 radical (unpaired) electrons. The van der Waals surface area contributed by atoms with E-state index < -0.39 is 35.9 Å². The largest absolute Gasteiger partial charge is 0.417 e. The number of anilines is 1. The molecule has 3 heterocycles. The minimum atomic E-state index is -4.86. The lowest BCUT2D eigenvalue weighted by atomic mass is 9.68. The predicted molar refractivity (Wildman–Crippen MR) is 107 cm³/mol. The standard InChI is InChI=1S/C22H23F4N3O/c1-20(6-8-29(2)19-4-3-15(23)10-17(19)20)13-21(30,22(24,25)26)11-16-9-14-5-7-27-12-18(14)28-16/h3-5,7,9-10,12,28,30H,6,8,11,13H2,1-2H3. The molecule has 4 rings (SSSR count). The summed E-state index contributed by atoms with van der Waals surface area (Å²) in [5.74, 6) is -0.506. The molecular weight excluding hydrogens is 398 g/mol. The molecule has 2 N–H and O–H groups in total. The summed E-state index contributed by atoms with van der Waals surface area (Å²) in [7, 11) is 1.82. The third kappa shape index (κ3) is 3.53. The van der Waals surface area contributed by atoms with Crippen molar-refractivity contribution in [3.05, 3.63) is 59.8 Å². The molecule has 8 heteroatoms. The van der Waals surface area contributed by atoms with E-state index in [4.69, 9.17) is 0 Å². The third-order valence-electron chi connectivity index (χ3n) is 6.19. The quantitative estimate of drug-likeness (QED) is 0.599. The molecule has 2 unspecified atom stereocenters. The summed E-state index contributed by atoms with van der Waals surface area (Å²) in [6.07, 6.45) is -2.59. The van der Waals surface area contributed by atoms with Crippen LogP contribution in [0.5, 0.6) is 0 Å². The average Bonchev–Trinajstić information content (AvgIpc) is 3.06. The van der Waals surface area contributed by atoms with Gasteiger partial charge in [-0.2, -0.15) is 13.2 Å². The van der Waals surface area contributed by atoms with Crippen LogP contribution in [0.1, 0.15) is 31.0 Å². The Morgan fingerprint density at radius 3 is 2.70 bits per heavy atom. The number of pyridine rings is 1. The Balaban J connectivity index is 1.73. The summed E-state index contributed by atoms with van der Waals surface area (Å²) >= 11 is 0. The Morgan fingerprint density at radius 1 is 1.23 bits per heavy atom. The van der Waals surface area contributed by atoms with Crippen LogP contribution >= 0.6 is 0 Å². The fraction of sp³-hybridized carbons (Fsp3) is 0.409. The summed E-state index contributed by atoms with van der Waals surface area (Å²) in [5.41, 5.74) is -1.97. The Morgan fingerprint density at radius 2 is 2.00 bits per heavy atom. The van der Waals surface area contributed by atoms with Crippen molar-refractivity contribution < 1.29 is 22.7 Å². The summed E-state index contributed by atoms with van der Waals surface area (Å²) in [6.45, 7) is 2.19. The zero-order valence-corrected chi connectivity index (χ0v) is 16.7. The molecule has 30 heavy (non-hydrogen) atoms. The van der Waals surface area contributed by atoms with Crippen LogP contribution in [0.25, 0.3) is 10.9 Å². The zero-order chi connectivity index (χ0) is 21.7. The lowest BCUT2D eigenvalue weighted by Gasteiger charge is -2.45. The van der Waals surface area contributed by atoms with Crippen molar-refractivity contribution in [2.45, 2.75) is 43.4 Å². The van der Waals surface area contributed by atoms with E-state index in [1.165, 1.54) is 18.3 Å². The first kappa shape index (κ1) is 20.7. The van der Waals surface area contributed by atoms with Crippen LogP contribution in [-0.4, -0.2) is 40.4 Å². The Labute approximate surface area is 171 Å². The monoisotopic (exact) mass is 421 g/mol. The number of benzene rings is 1. The first-order valence-electron chi connectivity index (χ1n) is 9.73. The molecule has 2 atom stereocenters. The van der Waals surface area contributed by atoms with Crippen LogP contribution in [0.2, 0.25) is 0 Å². The summed E-state index contributed by atoms with van der Waals surface area (Å²) in [4.78, 5) is 8.77. The number of nitrogens with one attached hydrogen (secondary N) is 1. The second-order valence-corrected chi connectivity index (χ2v) is 8.53. The van der Waals surface area contributed by atoms with Crippen molar-refractivity contribution in [1.82, 2.24) is 9.97 Å². The normalized spacial score (nSPS) is 21.5. The summed E-state index contributed by atoms with van der Waals surface area (Å²) in [5, 5.41) is 11.7. The molecule has 0 bridgehead atoms. The van der Waals surface area contributed by atoms with Crippen LogP contribution in [0.4, 0.5) is 23.2 Å². The van der Waals surface area contributed by atoms with E-state index in [1.54, 1.807) is 31.3 Å². The number of halogens is 4. The minimum Gasteiger partial charge on any atom is -0.380 e. The highest BCUT2D eigenvalue weighted by Gasteiger charge is 2.57. The molecule has 4 nitrogen and oxygen atoms in total. The molecule has 0 fully saturated rings. The maximum Gasteiger partial charge on any atom is 0.417 e. The van der Waals surface area contributed by atoms with E-state index in [9.17, 15) is 22.7 Å². The Kier molecular flexibility index (Phi) is 4.80. The molecule has 160 valence electrons. The van der Waals surface area contributed by atoms with Crippen LogP contribution in [-0.2, 0) is 11.8 Å². The molecule has 0 saturated heterocycles. The number of rotatable bonds is 4. The van der Waals surface area contributed by atoms with Gasteiger partial charge < -0.3 is 15.0 Å². The van der Waals surface area contributed by atoms with Crippen molar-refractivity contribution in [3.63, 3.8) is 0 Å². The van der Waals surface area contributed by atoms with Crippen molar-refractivity contribution in [3.8, 4) is 0 Å². The van der Waals surface area contributed by atoms with Crippen molar-refractivity contribution in [2.24, 2.45) is 0 Å². The maximum atomic E-state index is 14.1. The SMILES string of the molecule is CN1CCC(C)(CC(O)(Cc2cc3ccncc3[nH]2)C(F)(F)F)c2cc(F)ccc21. The van der Waals surface area contributed by atoms with Gasteiger partial charge >= 0.3 is 6.18 Å². The fourth-order valence-electron chi connectivity index (χ4n) is 4.53. The highest BCUT2D eigenvalue weighted by Crippen LogP contribution is 2.48. The van der Waals surface area contributed by atoms with Gasteiger partial charge in [-0.3, -0.25) is 4.98 Å². The predicted octanol–water partition coefficient (Wildman–Crippen LogP) is 4.73. The molecule has 0 aliphatic carbocycles. The third-order valence-corrected chi connectivity index (χ3v) is 6.19. The number of fused-ring (bicyclic) bond motifs is 2. The van der Waals surface area contributed by atoms with Gasteiger partial charge in [-0.25, -0.2) is 4.39 Å². The number of aromatic amines is 1. The van der Waals surface area contributed by atoms with Gasteiger partial charge in [0, 0.05) is 43.0 Å². The number of nitrogens with zero attached hydrogens (tertiary/aromatic N) is 2. The molecule has 1 aromatic carbocycles. The number of alkyl halides is 3.